The fourth-order valence-electron chi connectivity index (χ4n) is 4.95. The Morgan fingerprint density at radius 2 is 1.64 bits per heavy atom. The van der Waals surface area contributed by atoms with Crippen LogP contribution in [0.3, 0.4) is 0 Å². The maximum atomic E-state index is 13.2. The molecule has 1 atom stereocenters. The van der Waals surface area contributed by atoms with Crippen molar-refractivity contribution < 1.29 is 14.3 Å². The summed E-state index contributed by atoms with van der Waals surface area (Å²) in [5.74, 6) is 1.07. The number of esters is 1. The first-order valence-corrected chi connectivity index (χ1v) is 13.3. The van der Waals surface area contributed by atoms with Gasteiger partial charge >= 0.3 is 12.0 Å². The number of benzene rings is 2. The van der Waals surface area contributed by atoms with Crippen LogP contribution in [0.2, 0.25) is 0 Å². The van der Waals surface area contributed by atoms with Gasteiger partial charge in [-0.3, -0.25) is 0 Å². The van der Waals surface area contributed by atoms with Crippen molar-refractivity contribution in [3.63, 3.8) is 0 Å². The summed E-state index contributed by atoms with van der Waals surface area (Å²) in [5.41, 5.74) is 4.14. The van der Waals surface area contributed by atoms with Gasteiger partial charge in [0, 0.05) is 50.3 Å². The number of fused-ring (bicyclic) bond motifs is 1. The highest BCUT2D eigenvalue weighted by molar-refractivity contribution is 5.84. The third kappa shape index (κ3) is 6.00. The molecular formula is C29H33N7O3. The van der Waals surface area contributed by atoms with Crippen molar-refractivity contribution >= 4 is 23.6 Å². The Hall–Kier alpha value is -4.47. The summed E-state index contributed by atoms with van der Waals surface area (Å²) in [5, 5.41) is 7.37. The van der Waals surface area contributed by atoms with Crippen LogP contribution >= 0.6 is 0 Å². The summed E-state index contributed by atoms with van der Waals surface area (Å²) in [6.45, 7) is 6.23. The van der Waals surface area contributed by atoms with Gasteiger partial charge < -0.3 is 19.9 Å². The lowest BCUT2D eigenvalue weighted by atomic mass is 10.0. The number of carbonyl (C=O) groups excluding carboxylic acids is 2. The van der Waals surface area contributed by atoms with Crippen molar-refractivity contribution in [2.75, 3.05) is 37.7 Å². The topological polar surface area (TPSA) is 105 Å². The van der Waals surface area contributed by atoms with Crippen LogP contribution in [0, 0.1) is 6.92 Å². The van der Waals surface area contributed by atoms with Crippen LogP contribution < -0.4 is 10.2 Å². The number of rotatable bonds is 8. The summed E-state index contributed by atoms with van der Waals surface area (Å²) in [6, 6.07) is 18.9. The van der Waals surface area contributed by atoms with E-state index in [1.807, 2.05) is 55.5 Å². The van der Waals surface area contributed by atoms with E-state index in [9.17, 15) is 9.59 Å². The predicted octanol–water partition coefficient (Wildman–Crippen LogP) is 3.03. The van der Waals surface area contributed by atoms with E-state index in [-0.39, 0.29) is 12.6 Å². The molecule has 0 radical (unpaired) electrons. The number of aromatic nitrogens is 4. The maximum absolute atomic E-state index is 13.2. The molecule has 0 saturated carbocycles. The number of aryl methyl sites for hydroxylation is 1. The SMILES string of the molecule is CCOC(=O)[C@H](Cc1ccccc1)NC(=O)N1CCN(c2c(Cc3ccccc3)c(C)nc3ncnn23)CC1. The molecule has 1 fully saturated rings. The first-order chi connectivity index (χ1) is 19.0. The third-order valence-corrected chi connectivity index (χ3v) is 6.95. The van der Waals surface area contributed by atoms with Gasteiger partial charge in [-0.1, -0.05) is 60.7 Å². The highest BCUT2D eigenvalue weighted by atomic mass is 16.5. The van der Waals surface area contributed by atoms with Gasteiger partial charge in [0.2, 0.25) is 0 Å². The standard InChI is InChI=1S/C29H33N7O3/c1-3-39-27(37)25(19-23-12-8-5-9-13-23)33-29(38)35-16-14-34(15-17-35)26-24(18-22-10-6-4-7-11-22)21(2)32-28-30-20-31-36(26)28/h4-13,20,25H,3,14-19H2,1-2H3,(H,33,38)/t25-/m0/s1. The van der Waals surface area contributed by atoms with Crippen LogP contribution in [-0.4, -0.2) is 75.3 Å². The minimum atomic E-state index is -0.757. The molecule has 4 aromatic rings. The Labute approximate surface area is 227 Å². The molecule has 39 heavy (non-hydrogen) atoms. The molecule has 1 N–H and O–H groups in total. The van der Waals surface area contributed by atoms with Crippen LogP contribution in [0.1, 0.15) is 29.3 Å². The van der Waals surface area contributed by atoms with Crippen molar-refractivity contribution in [3.8, 4) is 0 Å². The molecule has 0 spiro atoms. The van der Waals surface area contributed by atoms with Gasteiger partial charge in [0.05, 0.1) is 6.61 Å². The van der Waals surface area contributed by atoms with Crippen molar-refractivity contribution in [1.29, 1.82) is 0 Å². The first-order valence-electron chi connectivity index (χ1n) is 13.3. The Bertz CT molecular complexity index is 1420. The maximum Gasteiger partial charge on any atom is 0.329 e. The van der Waals surface area contributed by atoms with Crippen molar-refractivity contribution in [3.05, 3.63) is 89.4 Å². The fraction of sp³-hybridized carbons (Fsp3) is 0.345. The molecule has 2 amide bonds. The number of hydrogen-bond donors (Lipinski definition) is 1. The van der Waals surface area contributed by atoms with E-state index in [2.05, 4.69) is 37.4 Å². The van der Waals surface area contributed by atoms with E-state index in [1.165, 1.54) is 11.9 Å². The molecule has 1 saturated heterocycles. The number of hydrogen-bond acceptors (Lipinski definition) is 7. The molecule has 0 aliphatic carbocycles. The van der Waals surface area contributed by atoms with E-state index in [1.54, 1.807) is 16.3 Å². The summed E-state index contributed by atoms with van der Waals surface area (Å²) in [4.78, 5) is 38.9. The molecule has 2 aromatic carbocycles. The lowest BCUT2D eigenvalue weighted by Crippen LogP contribution is -2.55. The lowest BCUT2D eigenvalue weighted by molar-refractivity contribution is -0.145. The van der Waals surface area contributed by atoms with Gasteiger partial charge in [0.25, 0.3) is 5.78 Å². The second kappa shape index (κ2) is 11.9. The molecular weight excluding hydrogens is 494 g/mol. The fourth-order valence-corrected chi connectivity index (χ4v) is 4.95. The van der Waals surface area contributed by atoms with Gasteiger partial charge in [0.15, 0.2) is 0 Å². The normalized spacial score (nSPS) is 14.3. The van der Waals surface area contributed by atoms with Crippen LogP contribution in [0.5, 0.6) is 0 Å². The largest absolute Gasteiger partial charge is 0.464 e. The van der Waals surface area contributed by atoms with E-state index in [0.29, 0.717) is 44.8 Å². The number of piperazine rings is 1. The quantitative estimate of drug-likeness (QED) is 0.351. The smallest absolute Gasteiger partial charge is 0.329 e. The Morgan fingerprint density at radius 1 is 0.974 bits per heavy atom. The summed E-state index contributed by atoms with van der Waals surface area (Å²) >= 11 is 0. The second-order valence-corrected chi connectivity index (χ2v) is 9.55. The molecule has 1 aliphatic heterocycles. The van der Waals surface area contributed by atoms with Crippen molar-refractivity contribution in [1.82, 2.24) is 29.8 Å². The number of nitrogens with one attached hydrogen (secondary N) is 1. The number of anilines is 1. The average Bonchev–Trinajstić information content (AvgIpc) is 3.42. The molecule has 1 aliphatic rings. The van der Waals surface area contributed by atoms with Crippen LogP contribution in [0.4, 0.5) is 10.6 Å². The number of nitrogens with zero attached hydrogens (tertiary/aromatic N) is 6. The van der Waals surface area contributed by atoms with Crippen LogP contribution in [0.25, 0.3) is 5.78 Å². The molecule has 2 aromatic heterocycles. The van der Waals surface area contributed by atoms with Crippen molar-refractivity contribution in [2.45, 2.75) is 32.7 Å². The summed E-state index contributed by atoms with van der Waals surface area (Å²) in [6.07, 6.45) is 2.60. The van der Waals surface area contributed by atoms with Crippen LogP contribution in [-0.2, 0) is 22.4 Å². The van der Waals surface area contributed by atoms with E-state index < -0.39 is 12.0 Å². The number of carbonyl (C=O) groups is 2. The monoisotopic (exact) mass is 527 g/mol. The average molecular weight is 528 g/mol. The Kier molecular flexibility index (Phi) is 8.00. The van der Waals surface area contributed by atoms with E-state index in [4.69, 9.17) is 4.74 Å². The van der Waals surface area contributed by atoms with Gasteiger partial charge in [-0.2, -0.15) is 14.6 Å². The van der Waals surface area contributed by atoms with Gasteiger partial charge in [-0.05, 0) is 25.0 Å². The zero-order valence-corrected chi connectivity index (χ0v) is 22.3. The minimum absolute atomic E-state index is 0.256. The van der Waals surface area contributed by atoms with E-state index >= 15 is 0 Å². The number of amides is 2. The molecule has 202 valence electrons. The second-order valence-electron chi connectivity index (χ2n) is 9.55. The zero-order valence-electron chi connectivity index (χ0n) is 22.3. The molecule has 10 nitrogen and oxygen atoms in total. The highest BCUT2D eigenvalue weighted by Gasteiger charge is 2.29. The van der Waals surface area contributed by atoms with Gasteiger partial charge in [0.1, 0.15) is 18.2 Å². The molecule has 0 bridgehead atoms. The minimum Gasteiger partial charge on any atom is -0.464 e. The molecule has 3 heterocycles. The summed E-state index contributed by atoms with van der Waals surface area (Å²) < 4.78 is 7.03. The number of urea groups is 1. The molecule has 0 unspecified atom stereocenters. The predicted molar refractivity (Wildman–Crippen MR) is 148 cm³/mol. The summed E-state index contributed by atoms with van der Waals surface area (Å²) in [7, 11) is 0. The Balaban J connectivity index is 1.31. The van der Waals surface area contributed by atoms with Gasteiger partial charge in [-0.15, -0.1) is 0 Å². The third-order valence-electron chi connectivity index (χ3n) is 6.95. The van der Waals surface area contributed by atoms with E-state index in [0.717, 1.165) is 22.6 Å². The number of ether oxygens (including phenoxy) is 1. The van der Waals surface area contributed by atoms with Crippen LogP contribution in [0.15, 0.2) is 67.0 Å². The highest BCUT2D eigenvalue weighted by Crippen LogP contribution is 2.27. The van der Waals surface area contributed by atoms with Gasteiger partial charge in [-0.25, -0.2) is 14.6 Å². The zero-order chi connectivity index (χ0) is 27.2. The lowest BCUT2D eigenvalue weighted by Gasteiger charge is -2.37. The first kappa shape index (κ1) is 26.1. The van der Waals surface area contributed by atoms with Crippen molar-refractivity contribution in [2.24, 2.45) is 0 Å². The molecule has 10 heteroatoms. The Morgan fingerprint density at radius 3 is 2.31 bits per heavy atom. The molecule has 5 rings (SSSR count).